The maximum atomic E-state index is 16.0. The molecule has 0 fully saturated rings. The fraction of sp³-hybridized carbons (Fsp3) is 0.235. The van der Waals surface area contributed by atoms with Gasteiger partial charge in [0.15, 0.2) is 0 Å². The van der Waals surface area contributed by atoms with E-state index in [1.165, 1.54) is 23.5 Å². The van der Waals surface area contributed by atoms with Crippen molar-refractivity contribution in [1.29, 1.82) is 0 Å². The van der Waals surface area contributed by atoms with Crippen LogP contribution in [0.15, 0.2) is 66.7 Å². The summed E-state index contributed by atoms with van der Waals surface area (Å²) in [7, 11) is 1.90. The van der Waals surface area contributed by atoms with Gasteiger partial charge in [0.2, 0.25) is 5.91 Å². The van der Waals surface area contributed by atoms with Gasteiger partial charge in [-0.15, -0.1) is 11.3 Å². The van der Waals surface area contributed by atoms with Crippen LogP contribution in [-0.4, -0.2) is 48.5 Å². The number of halogens is 2. The lowest BCUT2D eigenvalue weighted by Gasteiger charge is -2.35. The summed E-state index contributed by atoms with van der Waals surface area (Å²) in [6.07, 6.45) is 5.22. The molecule has 0 spiro atoms. The lowest BCUT2D eigenvalue weighted by molar-refractivity contribution is -0.129. The van der Waals surface area contributed by atoms with E-state index < -0.39 is 11.6 Å². The fourth-order valence-electron chi connectivity index (χ4n) is 6.70. The SMILES string of the molecule is C=CC(=O)N1CCn2nc3cc2C1CCCCOc1cc(F)cc(F)c1-c1c-3nc(-c2ccc3c(cnn3C)c2)c2ccsc12. The number of benzene rings is 2. The van der Waals surface area contributed by atoms with Crippen LogP contribution in [0.2, 0.25) is 0 Å². The molecule has 11 heteroatoms. The minimum Gasteiger partial charge on any atom is -0.493 e. The van der Waals surface area contributed by atoms with E-state index in [0.29, 0.717) is 42.9 Å². The number of rotatable bonds is 2. The Morgan fingerprint density at radius 2 is 1.98 bits per heavy atom. The molecule has 6 heterocycles. The number of aromatic nitrogens is 5. The zero-order valence-electron chi connectivity index (χ0n) is 24.5. The normalized spacial score (nSPS) is 16.3. The summed E-state index contributed by atoms with van der Waals surface area (Å²) in [5.41, 5.74) is 5.15. The highest BCUT2D eigenvalue weighted by molar-refractivity contribution is 7.18. The Hall–Kier alpha value is -4.90. The van der Waals surface area contributed by atoms with Gasteiger partial charge in [-0.1, -0.05) is 12.6 Å². The molecule has 2 aliphatic rings. The summed E-state index contributed by atoms with van der Waals surface area (Å²) >= 11 is 1.46. The number of amides is 1. The molecule has 0 radical (unpaired) electrons. The maximum Gasteiger partial charge on any atom is 0.246 e. The number of carbonyl (C=O) groups excluding carboxylic acids is 1. The van der Waals surface area contributed by atoms with E-state index in [-0.39, 0.29) is 29.9 Å². The molecule has 4 aromatic heterocycles. The van der Waals surface area contributed by atoms with Gasteiger partial charge in [-0.2, -0.15) is 10.2 Å². The zero-order valence-corrected chi connectivity index (χ0v) is 25.3. The standard InChI is InChI=1S/C34H28F2N6O2S/c1-3-29(43)41-10-11-42-27-17-24(39-42)33-31(30-23(36)15-21(35)16-28(30)44-12-5-4-6-26(27)41)34-22(9-13-45-34)32(38-33)19-7-8-25-20(14-19)18-37-40(25)2/h3,7-9,13-18,26H,1,4-6,10-12H2,2H3. The molecule has 2 aliphatic heterocycles. The summed E-state index contributed by atoms with van der Waals surface area (Å²) < 4.78 is 41.3. The van der Waals surface area contributed by atoms with Gasteiger partial charge in [-0.3, -0.25) is 14.2 Å². The first-order chi connectivity index (χ1) is 21.9. The van der Waals surface area contributed by atoms with Gasteiger partial charge >= 0.3 is 0 Å². The third kappa shape index (κ3) is 4.44. The lowest BCUT2D eigenvalue weighted by atomic mass is 9.96. The number of pyridine rings is 1. The highest BCUT2D eigenvalue weighted by atomic mass is 32.1. The highest BCUT2D eigenvalue weighted by Crippen LogP contribution is 2.48. The van der Waals surface area contributed by atoms with Crippen molar-refractivity contribution in [1.82, 2.24) is 29.4 Å². The predicted octanol–water partition coefficient (Wildman–Crippen LogP) is 7.29. The zero-order chi connectivity index (χ0) is 30.8. The number of thiophene rings is 1. The van der Waals surface area contributed by atoms with E-state index in [0.717, 1.165) is 50.4 Å². The average Bonchev–Trinajstić information content (AvgIpc) is 3.78. The largest absolute Gasteiger partial charge is 0.493 e. The van der Waals surface area contributed by atoms with Crippen molar-refractivity contribution in [3.8, 4) is 39.5 Å². The van der Waals surface area contributed by atoms with Gasteiger partial charge in [0, 0.05) is 52.3 Å². The molecule has 1 amide bonds. The molecule has 1 unspecified atom stereocenters. The van der Waals surface area contributed by atoms with Crippen LogP contribution in [0, 0.1) is 11.6 Å². The number of fused-ring (bicyclic) bond motifs is 8. The predicted molar refractivity (Wildman–Crippen MR) is 170 cm³/mol. The van der Waals surface area contributed by atoms with Crippen LogP contribution in [0.4, 0.5) is 8.78 Å². The molecule has 2 aromatic carbocycles. The highest BCUT2D eigenvalue weighted by Gasteiger charge is 2.33. The van der Waals surface area contributed by atoms with Crippen LogP contribution in [-0.2, 0) is 18.4 Å². The maximum absolute atomic E-state index is 16.0. The Labute approximate surface area is 261 Å². The number of hydrogen-bond donors (Lipinski definition) is 0. The summed E-state index contributed by atoms with van der Waals surface area (Å²) in [5, 5.41) is 13.2. The van der Waals surface area contributed by atoms with E-state index in [1.54, 1.807) is 0 Å². The summed E-state index contributed by atoms with van der Waals surface area (Å²) in [5.74, 6) is -1.45. The molecule has 0 N–H and O–H groups in total. The Balaban J connectivity index is 1.43. The average molecular weight is 623 g/mol. The molecule has 6 aromatic rings. The molecule has 1 atom stereocenters. The monoisotopic (exact) mass is 622 g/mol. The third-order valence-electron chi connectivity index (χ3n) is 8.81. The lowest BCUT2D eigenvalue weighted by Crippen LogP contribution is -2.41. The molecule has 2 bridgehead atoms. The first-order valence-corrected chi connectivity index (χ1v) is 15.8. The van der Waals surface area contributed by atoms with Crippen molar-refractivity contribution in [2.75, 3.05) is 13.2 Å². The van der Waals surface area contributed by atoms with Crippen LogP contribution >= 0.6 is 11.3 Å². The van der Waals surface area contributed by atoms with Gasteiger partial charge in [0.25, 0.3) is 0 Å². The van der Waals surface area contributed by atoms with Crippen LogP contribution in [0.3, 0.4) is 0 Å². The molecule has 0 saturated heterocycles. The summed E-state index contributed by atoms with van der Waals surface area (Å²) in [4.78, 5) is 20.0. The van der Waals surface area contributed by atoms with E-state index in [1.807, 2.05) is 63.2 Å². The summed E-state index contributed by atoms with van der Waals surface area (Å²) in [6, 6.07) is 11.9. The molecule has 45 heavy (non-hydrogen) atoms. The fourth-order valence-corrected chi connectivity index (χ4v) is 7.65. The second-order valence-electron chi connectivity index (χ2n) is 11.4. The van der Waals surface area contributed by atoms with E-state index in [2.05, 4.69) is 11.7 Å². The Bertz CT molecular complexity index is 2170. The number of hydrogen-bond acceptors (Lipinski definition) is 6. The molecule has 8 rings (SSSR count). The Morgan fingerprint density at radius 3 is 2.84 bits per heavy atom. The first kappa shape index (κ1) is 27.6. The number of carbonyl (C=O) groups is 1. The quantitative estimate of drug-likeness (QED) is 0.190. The van der Waals surface area contributed by atoms with Crippen LogP contribution in [0.5, 0.6) is 5.75 Å². The molecule has 8 nitrogen and oxygen atoms in total. The number of aryl methyl sites for hydroxylation is 1. The van der Waals surface area contributed by atoms with Crippen molar-refractivity contribution in [2.24, 2.45) is 7.05 Å². The smallest absolute Gasteiger partial charge is 0.246 e. The number of nitrogens with zero attached hydrogens (tertiary/aromatic N) is 6. The van der Waals surface area contributed by atoms with E-state index in [9.17, 15) is 9.18 Å². The topological polar surface area (TPSA) is 78.1 Å². The molecule has 226 valence electrons. The van der Waals surface area contributed by atoms with Crippen LogP contribution in [0.1, 0.15) is 31.0 Å². The molecular formula is C34H28F2N6O2S. The van der Waals surface area contributed by atoms with Crippen molar-refractivity contribution < 1.29 is 18.3 Å². The van der Waals surface area contributed by atoms with Gasteiger partial charge in [-0.05, 0) is 55.0 Å². The van der Waals surface area contributed by atoms with E-state index >= 15 is 4.39 Å². The second-order valence-corrected chi connectivity index (χ2v) is 12.3. The van der Waals surface area contributed by atoms with Gasteiger partial charge in [0.1, 0.15) is 28.8 Å². The molecular weight excluding hydrogens is 594 g/mol. The third-order valence-corrected chi connectivity index (χ3v) is 9.74. The van der Waals surface area contributed by atoms with Crippen molar-refractivity contribution in [3.63, 3.8) is 0 Å². The van der Waals surface area contributed by atoms with Crippen molar-refractivity contribution >= 4 is 38.2 Å². The first-order valence-electron chi connectivity index (χ1n) is 14.9. The Morgan fingerprint density at radius 1 is 1.09 bits per heavy atom. The van der Waals surface area contributed by atoms with Crippen molar-refractivity contribution in [3.05, 3.63) is 84.0 Å². The van der Waals surface area contributed by atoms with Crippen LogP contribution in [0.25, 0.3) is 54.8 Å². The minimum absolute atomic E-state index is 0.126. The summed E-state index contributed by atoms with van der Waals surface area (Å²) in [6.45, 7) is 4.98. The van der Waals surface area contributed by atoms with Gasteiger partial charge in [0.05, 0.1) is 47.9 Å². The van der Waals surface area contributed by atoms with Crippen LogP contribution < -0.4 is 4.74 Å². The second kappa shape index (κ2) is 10.6. The van der Waals surface area contributed by atoms with Gasteiger partial charge in [-0.25, -0.2) is 13.8 Å². The van der Waals surface area contributed by atoms with Gasteiger partial charge < -0.3 is 9.64 Å². The Kier molecular flexibility index (Phi) is 6.52. The minimum atomic E-state index is -0.730. The molecule has 0 saturated carbocycles. The molecule has 0 aliphatic carbocycles. The van der Waals surface area contributed by atoms with E-state index in [4.69, 9.17) is 14.8 Å². The number of ether oxygens (including phenoxy) is 1. The van der Waals surface area contributed by atoms with Crippen molar-refractivity contribution in [2.45, 2.75) is 31.8 Å².